The summed E-state index contributed by atoms with van der Waals surface area (Å²) in [6, 6.07) is 3.72. The maximum absolute atomic E-state index is 9.09. The quantitative estimate of drug-likeness (QED) is 0.844. The zero-order valence-electron chi connectivity index (χ0n) is 15.0. The van der Waals surface area contributed by atoms with Gasteiger partial charge in [0.1, 0.15) is 5.75 Å². The van der Waals surface area contributed by atoms with Gasteiger partial charge in [-0.1, -0.05) is 38.2 Å². The molecule has 1 rings (SSSR count). The summed E-state index contributed by atoms with van der Waals surface area (Å²) in [4.78, 5) is 0. The Morgan fingerprint density at radius 1 is 1.32 bits per heavy atom. The van der Waals surface area contributed by atoms with E-state index in [1.54, 1.807) is 7.11 Å². The van der Waals surface area contributed by atoms with E-state index in [4.69, 9.17) is 15.6 Å². The first-order chi connectivity index (χ1) is 9.98. The topological polar surface area (TPSA) is 55.5 Å². The number of rotatable bonds is 3. The fourth-order valence-corrected chi connectivity index (χ4v) is 1.24. The predicted octanol–water partition coefficient (Wildman–Crippen LogP) is 2.85. The molecular formula is C19H31NO2. The number of ether oxygens (including phenoxy) is 1. The molecule has 0 saturated carbocycles. The largest absolute Gasteiger partial charge is 0.495 e. The summed E-state index contributed by atoms with van der Waals surface area (Å²) >= 11 is 0. The molecule has 1 aromatic carbocycles. The molecule has 0 fully saturated rings. The lowest BCUT2D eigenvalue weighted by molar-refractivity contribution is 0.0327. The number of anilines is 1. The van der Waals surface area contributed by atoms with E-state index >= 15 is 0 Å². The minimum absolute atomic E-state index is 0.354. The van der Waals surface area contributed by atoms with Crippen LogP contribution in [-0.2, 0) is 0 Å². The molecule has 0 heterocycles. The Labute approximate surface area is 134 Å². The van der Waals surface area contributed by atoms with Crippen molar-refractivity contribution in [2.24, 2.45) is 5.92 Å². The molecule has 0 atom stereocenters. The molecule has 0 aliphatic rings. The van der Waals surface area contributed by atoms with Gasteiger partial charge >= 0.3 is 0 Å². The van der Waals surface area contributed by atoms with E-state index in [0.717, 1.165) is 10.4 Å². The number of allylic oxidation sites excluding steroid dienone is 2. The molecule has 22 heavy (non-hydrogen) atoms. The normalized spacial score (nSPS) is 11.8. The summed E-state index contributed by atoms with van der Waals surface area (Å²) in [7, 11) is 1.60. The van der Waals surface area contributed by atoms with E-state index in [1.165, 1.54) is 5.57 Å². The highest BCUT2D eigenvalue weighted by atomic mass is 16.5. The average Bonchev–Trinajstić information content (AvgIpc) is 2.38. The molecule has 0 spiro atoms. The second kappa shape index (κ2) is 8.64. The number of methoxy groups -OCH3 is 1. The van der Waals surface area contributed by atoms with E-state index in [9.17, 15) is 0 Å². The van der Waals surface area contributed by atoms with Crippen LogP contribution in [0.15, 0.2) is 23.8 Å². The lowest BCUT2D eigenvalue weighted by atomic mass is 9.95. The Balaban J connectivity index is 0.000000534. The van der Waals surface area contributed by atoms with E-state index in [2.05, 4.69) is 6.58 Å². The third-order valence-corrected chi connectivity index (χ3v) is 3.50. The fraction of sp³-hybridized carbons (Fsp3) is 0.474. The Morgan fingerprint density at radius 3 is 2.18 bits per heavy atom. The molecular weight excluding hydrogens is 274 g/mol. The number of aliphatic hydroxyl groups is 1. The van der Waals surface area contributed by atoms with Crippen LogP contribution >= 0.6 is 0 Å². The van der Waals surface area contributed by atoms with E-state index in [0.29, 0.717) is 17.4 Å². The van der Waals surface area contributed by atoms with Crippen LogP contribution in [0.3, 0.4) is 0 Å². The van der Waals surface area contributed by atoms with Crippen LogP contribution in [0.25, 0.3) is 12.7 Å². The zero-order chi connectivity index (χ0) is 17.5. The highest BCUT2D eigenvalue weighted by Gasteiger charge is 2.16. The molecule has 0 unspecified atom stereocenters. The maximum atomic E-state index is 9.09. The third kappa shape index (κ3) is 7.32. The molecule has 0 radical (unpaired) electrons. The van der Waals surface area contributed by atoms with Crippen LogP contribution in [0.4, 0.5) is 5.69 Å². The van der Waals surface area contributed by atoms with Gasteiger partial charge in [-0.15, -0.1) is 0 Å². The van der Waals surface area contributed by atoms with Crippen LogP contribution in [0.2, 0.25) is 0 Å². The first-order valence-electron chi connectivity index (χ1n) is 7.49. The summed E-state index contributed by atoms with van der Waals surface area (Å²) in [5, 5.41) is 11.0. The van der Waals surface area contributed by atoms with E-state index in [-0.39, 0.29) is 0 Å². The second-order valence-corrected chi connectivity index (χ2v) is 6.51. The number of nitrogen functional groups attached to an aromatic ring is 1. The molecule has 124 valence electrons. The van der Waals surface area contributed by atoms with Crippen molar-refractivity contribution < 1.29 is 9.84 Å². The number of benzene rings is 1. The van der Waals surface area contributed by atoms with Crippen molar-refractivity contribution in [3.05, 3.63) is 34.2 Å². The minimum atomic E-state index is -0.500. The number of hydrogen-bond donors (Lipinski definition) is 2. The molecule has 3 N–H and O–H groups in total. The van der Waals surface area contributed by atoms with Crippen molar-refractivity contribution in [3.63, 3.8) is 0 Å². The fourth-order valence-electron chi connectivity index (χ4n) is 1.24. The van der Waals surface area contributed by atoms with Crippen LogP contribution in [-0.4, -0.2) is 17.8 Å². The van der Waals surface area contributed by atoms with Crippen LogP contribution < -0.4 is 20.9 Å². The van der Waals surface area contributed by atoms with Gasteiger partial charge in [-0.05, 0) is 56.2 Å². The minimum Gasteiger partial charge on any atom is -0.495 e. The molecule has 0 bridgehead atoms. The lowest BCUT2D eigenvalue weighted by Crippen LogP contribution is -2.25. The summed E-state index contributed by atoms with van der Waals surface area (Å²) in [5.74, 6) is 1.03. The lowest BCUT2D eigenvalue weighted by Gasteiger charge is -2.21. The van der Waals surface area contributed by atoms with Gasteiger partial charge in [0.05, 0.1) is 18.4 Å². The van der Waals surface area contributed by atoms with Crippen LogP contribution in [0.1, 0.15) is 41.5 Å². The monoisotopic (exact) mass is 305 g/mol. The Hall–Kier alpha value is -1.74. The van der Waals surface area contributed by atoms with Gasteiger partial charge in [0.2, 0.25) is 0 Å². The highest BCUT2D eigenvalue weighted by molar-refractivity contribution is 5.55. The third-order valence-electron chi connectivity index (χ3n) is 3.50. The van der Waals surface area contributed by atoms with Gasteiger partial charge in [0, 0.05) is 0 Å². The van der Waals surface area contributed by atoms with Crippen molar-refractivity contribution in [2.75, 3.05) is 12.8 Å². The van der Waals surface area contributed by atoms with Crippen molar-refractivity contribution in [1.82, 2.24) is 0 Å². The Kier molecular flexibility index (Phi) is 7.96. The zero-order valence-corrected chi connectivity index (χ0v) is 15.0. The van der Waals surface area contributed by atoms with Gasteiger partial charge in [-0.2, -0.15) is 0 Å². The molecule has 3 nitrogen and oxygen atoms in total. The van der Waals surface area contributed by atoms with Crippen molar-refractivity contribution in [3.8, 4) is 5.75 Å². The molecule has 0 aromatic heterocycles. The van der Waals surface area contributed by atoms with E-state index < -0.39 is 5.60 Å². The van der Waals surface area contributed by atoms with Crippen LogP contribution in [0, 0.1) is 5.92 Å². The molecule has 0 saturated heterocycles. The van der Waals surface area contributed by atoms with Gasteiger partial charge in [0.15, 0.2) is 0 Å². The van der Waals surface area contributed by atoms with Gasteiger partial charge in [0.25, 0.3) is 0 Å². The molecule has 0 amide bonds. The second-order valence-electron chi connectivity index (χ2n) is 6.51. The summed E-state index contributed by atoms with van der Waals surface area (Å²) in [6.45, 7) is 15.7. The highest BCUT2D eigenvalue weighted by Crippen LogP contribution is 2.14. The van der Waals surface area contributed by atoms with Crippen molar-refractivity contribution in [1.29, 1.82) is 0 Å². The molecule has 3 heteroatoms. The van der Waals surface area contributed by atoms with Gasteiger partial charge < -0.3 is 15.6 Å². The summed E-state index contributed by atoms with van der Waals surface area (Å²) in [5.41, 5.74) is 7.19. The van der Waals surface area contributed by atoms with Crippen molar-refractivity contribution in [2.45, 2.75) is 47.1 Å². The van der Waals surface area contributed by atoms with Gasteiger partial charge in [-0.3, -0.25) is 0 Å². The SMILES string of the molecule is C=c1cc(OC)c(N)c/c1=C/C=C(C)C.CC(C)C(C)(C)O. The van der Waals surface area contributed by atoms with E-state index in [1.807, 2.05) is 65.8 Å². The molecule has 1 aromatic rings. The predicted molar refractivity (Wildman–Crippen MR) is 97.2 cm³/mol. The molecule has 0 aliphatic carbocycles. The smallest absolute Gasteiger partial charge is 0.142 e. The Morgan fingerprint density at radius 2 is 1.82 bits per heavy atom. The van der Waals surface area contributed by atoms with Crippen molar-refractivity contribution >= 4 is 18.3 Å². The Bertz CT molecular complexity index is 604. The summed E-state index contributed by atoms with van der Waals surface area (Å²) < 4.78 is 5.11. The number of hydrogen-bond acceptors (Lipinski definition) is 3. The first-order valence-corrected chi connectivity index (χ1v) is 7.49. The first kappa shape index (κ1) is 20.3. The molecule has 0 aliphatic heterocycles. The number of nitrogens with two attached hydrogens (primary N) is 1. The maximum Gasteiger partial charge on any atom is 0.142 e. The summed E-state index contributed by atoms with van der Waals surface area (Å²) in [6.07, 6.45) is 4.05. The standard InChI is InChI=1S/C13H17NO.C6H14O/c1-9(2)5-6-11-8-12(14)13(15-4)7-10(11)3;1-5(2)6(3,4)7/h5-8H,3,14H2,1-2,4H3;5,7H,1-4H3/b11-6-;. The van der Waals surface area contributed by atoms with Crippen LogP contribution in [0.5, 0.6) is 5.75 Å². The van der Waals surface area contributed by atoms with Gasteiger partial charge in [-0.25, -0.2) is 0 Å². The average molecular weight is 305 g/mol.